The summed E-state index contributed by atoms with van der Waals surface area (Å²) in [5, 5.41) is 7.18. The van der Waals surface area contributed by atoms with Crippen molar-refractivity contribution in [2.45, 2.75) is 38.0 Å². The molecule has 0 atom stereocenters. The van der Waals surface area contributed by atoms with Gasteiger partial charge in [-0.3, -0.25) is 0 Å². The molecule has 0 saturated heterocycles. The summed E-state index contributed by atoms with van der Waals surface area (Å²) in [5.41, 5.74) is 13.0. The fourth-order valence-electron chi connectivity index (χ4n) is 9.27. The topological polar surface area (TPSA) is 29.5 Å². The van der Waals surface area contributed by atoms with E-state index in [4.69, 9.17) is 8.83 Å². The van der Waals surface area contributed by atoms with E-state index in [-0.39, 0.29) is 0 Å². The Morgan fingerprint density at radius 2 is 1.05 bits per heavy atom. The fourth-order valence-corrected chi connectivity index (χ4v) is 9.27. The molecule has 55 heavy (non-hydrogen) atoms. The van der Waals surface area contributed by atoms with Gasteiger partial charge in [0.2, 0.25) is 0 Å². The molecule has 2 aromatic heterocycles. The van der Waals surface area contributed by atoms with Crippen molar-refractivity contribution in [2.75, 3.05) is 4.90 Å². The maximum Gasteiger partial charge on any atom is 0.159 e. The third kappa shape index (κ3) is 5.33. The van der Waals surface area contributed by atoms with E-state index in [0.29, 0.717) is 5.92 Å². The Bertz CT molecular complexity index is 3030. The predicted octanol–water partition coefficient (Wildman–Crippen LogP) is 15.5. The summed E-state index contributed by atoms with van der Waals surface area (Å²) >= 11 is 0. The number of rotatable bonds is 6. The second kappa shape index (κ2) is 13.1. The van der Waals surface area contributed by atoms with Gasteiger partial charge in [-0.15, -0.1) is 0 Å². The van der Waals surface area contributed by atoms with Crippen molar-refractivity contribution in [1.82, 2.24) is 0 Å². The van der Waals surface area contributed by atoms with Gasteiger partial charge in [0, 0.05) is 32.8 Å². The average molecular weight is 710 g/mol. The second-order valence-corrected chi connectivity index (χ2v) is 15.0. The first-order valence-electron chi connectivity index (χ1n) is 19.6. The molecule has 3 heteroatoms. The molecule has 0 radical (unpaired) electrons. The van der Waals surface area contributed by atoms with E-state index in [1.54, 1.807) is 0 Å². The van der Waals surface area contributed by atoms with Crippen LogP contribution in [0.1, 0.15) is 43.6 Å². The lowest BCUT2D eigenvalue weighted by atomic mass is 9.80. The fraction of sp³-hybridized carbons (Fsp3) is 0.115. The molecule has 1 aliphatic rings. The van der Waals surface area contributed by atoms with Gasteiger partial charge in [-0.2, -0.15) is 0 Å². The van der Waals surface area contributed by atoms with Crippen LogP contribution < -0.4 is 4.90 Å². The van der Waals surface area contributed by atoms with Gasteiger partial charge in [0.05, 0.1) is 11.4 Å². The molecule has 11 rings (SSSR count). The SMILES string of the molecule is c1ccc(N(c2ccc(-c3ccc4oc5ccccc5c4c3)cc2)c2cccc3c2oc2ccccc23)c(-c2cccc3cccc(C4CCCCC4)c23)c1. The minimum Gasteiger partial charge on any atom is -0.456 e. The molecule has 2 heterocycles. The van der Waals surface area contributed by atoms with Crippen LogP contribution in [0.25, 0.3) is 76.9 Å². The van der Waals surface area contributed by atoms with Crippen LogP contribution in [0, 0.1) is 0 Å². The van der Waals surface area contributed by atoms with Crippen LogP contribution >= 0.6 is 0 Å². The number of anilines is 3. The van der Waals surface area contributed by atoms with E-state index in [9.17, 15) is 0 Å². The predicted molar refractivity (Wildman–Crippen MR) is 230 cm³/mol. The van der Waals surface area contributed by atoms with E-state index in [1.807, 2.05) is 18.2 Å². The van der Waals surface area contributed by atoms with Crippen LogP contribution in [-0.2, 0) is 0 Å². The van der Waals surface area contributed by atoms with Crippen molar-refractivity contribution in [3.8, 4) is 22.3 Å². The van der Waals surface area contributed by atoms with Gasteiger partial charge < -0.3 is 13.7 Å². The number of furan rings is 2. The first kappa shape index (κ1) is 31.9. The van der Waals surface area contributed by atoms with Crippen LogP contribution in [0.4, 0.5) is 17.1 Å². The lowest BCUT2D eigenvalue weighted by molar-refractivity contribution is 0.445. The third-order valence-corrected chi connectivity index (χ3v) is 11.9. The number of nitrogens with zero attached hydrogens (tertiary/aromatic N) is 1. The molecule has 0 N–H and O–H groups in total. The van der Waals surface area contributed by atoms with Gasteiger partial charge in [-0.05, 0) is 100 Å². The Labute approximate surface area is 320 Å². The highest BCUT2D eigenvalue weighted by Gasteiger charge is 2.25. The summed E-state index contributed by atoms with van der Waals surface area (Å²) < 4.78 is 12.9. The van der Waals surface area contributed by atoms with E-state index >= 15 is 0 Å². The number of hydrogen-bond acceptors (Lipinski definition) is 3. The first-order valence-corrected chi connectivity index (χ1v) is 19.6. The molecule has 8 aromatic carbocycles. The lowest BCUT2D eigenvalue weighted by Gasteiger charge is -2.29. The minimum absolute atomic E-state index is 0.581. The van der Waals surface area contributed by atoms with Crippen molar-refractivity contribution < 1.29 is 8.83 Å². The molecule has 0 spiro atoms. The van der Waals surface area contributed by atoms with Gasteiger partial charge in [-0.1, -0.05) is 141 Å². The van der Waals surface area contributed by atoms with Crippen LogP contribution in [0.3, 0.4) is 0 Å². The smallest absolute Gasteiger partial charge is 0.159 e. The highest BCUT2D eigenvalue weighted by molar-refractivity contribution is 6.12. The van der Waals surface area contributed by atoms with Crippen LogP contribution in [0.5, 0.6) is 0 Å². The molecule has 264 valence electrons. The summed E-state index contributed by atoms with van der Waals surface area (Å²) in [6.07, 6.45) is 6.46. The zero-order chi connectivity index (χ0) is 36.3. The van der Waals surface area contributed by atoms with Crippen molar-refractivity contribution in [3.05, 3.63) is 175 Å². The van der Waals surface area contributed by atoms with Crippen LogP contribution in [-0.4, -0.2) is 0 Å². The third-order valence-electron chi connectivity index (χ3n) is 11.9. The number of benzene rings is 8. The zero-order valence-corrected chi connectivity index (χ0v) is 30.5. The Hall–Kier alpha value is -6.58. The maximum absolute atomic E-state index is 6.73. The van der Waals surface area contributed by atoms with Gasteiger partial charge in [0.25, 0.3) is 0 Å². The summed E-state index contributed by atoms with van der Waals surface area (Å²) in [4.78, 5) is 2.40. The summed E-state index contributed by atoms with van der Waals surface area (Å²) in [6.45, 7) is 0. The Morgan fingerprint density at radius 1 is 0.436 bits per heavy atom. The highest BCUT2D eigenvalue weighted by atomic mass is 16.3. The zero-order valence-electron chi connectivity index (χ0n) is 30.5. The Morgan fingerprint density at radius 3 is 1.89 bits per heavy atom. The lowest BCUT2D eigenvalue weighted by Crippen LogP contribution is -2.12. The molecule has 0 amide bonds. The molecule has 0 bridgehead atoms. The Balaban J connectivity index is 1.11. The second-order valence-electron chi connectivity index (χ2n) is 15.0. The molecular formula is C52H39NO2. The molecule has 3 nitrogen and oxygen atoms in total. The van der Waals surface area contributed by atoms with Gasteiger partial charge >= 0.3 is 0 Å². The average Bonchev–Trinajstić information content (AvgIpc) is 3.83. The number of hydrogen-bond donors (Lipinski definition) is 0. The molecule has 1 aliphatic carbocycles. The minimum atomic E-state index is 0.581. The monoisotopic (exact) mass is 709 g/mol. The molecule has 0 unspecified atom stereocenters. The van der Waals surface area contributed by atoms with E-state index < -0.39 is 0 Å². The largest absolute Gasteiger partial charge is 0.456 e. The van der Waals surface area contributed by atoms with Crippen LogP contribution in [0.2, 0.25) is 0 Å². The maximum atomic E-state index is 6.73. The molecule has 0 aliphatic heterocycles. The van der Waals surface area contributed by atoms with E-state index in [2.05, 4.69) is 157 Å². The van der Waals surface area contributed by atoms with Gasteiger partial charge in [0.15, 0.2) is 5.58 Å². The van der Waals surface area contributed by atoms with Crippen LogP contribution in [0.15, 0.2) is 179 Å². The Kier molecular flexibility index (Phi) is 7.58. The first-order chi connectivity index (χ1) is 27.3. The number of para-hydroxylation sites is 4. The summed E-state index contributed by atoms with van der Waals surface area (Å²) in [6, 6.07) is 61.3. The van der Waals surface area contributed by atoms with Crippen molar-refractivity contribution in [2.24, 2.45) is 0 Å². The summed E-state index contributed by atoms with van der Waals surface area (Å²) in [7, 11) is 0. The standard InChI is InChI=1S/C52H39NO2/c1-2-13-35(14-3-1)39-20-10-15-36-16-11-21-43(51(36)39)40-17-4-7-23-46(40)53(47-24-12-22-44-41-18-5-9-26-49(41)55-52(44)47)38-30-27-34(28-31-38)37-29-32-50-45(33-37)42-19-6-8-25-48(42)54-50/h4-12,15-33,35H,1-3,13-14H2. The molecule has 1 saturated carbocycles. The molecule has 1 fully saturated rings. The van der Waals surface area contributed by atoms with Gasteiger partial charge in [-0.25, -0.2) is 0 Å². The molecular weight excluding hydrogens is 671 g/mol. The van der Waals surface area contributed by atoms with Crippen molar-refractivity contribution in [3.63, 3.8) is 0 Å². The summed E-state index contributed by atoms with van der Waals surface area (Å²) in [5.74, 6) is 0.581. The molecule has 10 aromatic rings. The number of fused-ring (bicyclic) bond motifs is 7. The van der Waals surface area contributed by atoms with Crippen molar-refractivity contribution >= 4 is 71.7 Å². The highest BCUT2D eigenvalue weighted by Crippen LogP contribution is 2.48. The van der Waals surface area contributed by atoms with Crippen molar-refractivity contribution in [1.29, 1.82) is 0 Å². The van der Waals surface area contributed by atoms with E-state index in [1.165, 1.54) is 59.6 Å². The quantitative estimate of drug-likeness (QED) is 0.172. The normalized spacial score (nSPS) is 13.7. The van der Waals surface area contributed by atoms with Gasteiger partial charge in [0.1, 0.15) is 16.7 Å². The van der Waals surface area contributed by atoms with E-state index in [0.717, 1.165) is 72.1 Å².